The molecular formula is C20H26N2O3S. The largest absolute Gasteiger partial charge is 0.355 e. The predicted molar refractivity (Wildman–Crippen MR) is 106 cm³/mol. The first-order chi connectivity index (χ1) is 12.3. The van der Waals surface area contributed by atoms with E-state index >= 15 is 0 Å². The van der Waals surface area contributed by atoms with Gasteiger partial charge in [-0.2, -0.15) is 0 Å². The number of anilines is 1. The van der Waals surface area contributed by atoms with Crippen molar-refractivity contribution in [1.29, 1.82) is 0 Å². The molecule has 0 saturated heterocycles. The molecule has 0 radical (unpaired) electrons. The maximum absolute atomic E-state index is 12.2. The summed E-state index contributed by atoms with van der Waals surface area (Å²) in [5, 5.41) is 2.81. The van der Waals surface area contributed by atoms with Gasteiger partial charge in [-0.25, -0.2) is 8.42 Å². The standard InChI is InChI=1S/C20H26N2O3S/c1-16-9-11-18(12-10-16)7-5-13-21-20(23)15-22(26(3,24)25)19-8-4-6-17(2)14-19/h4,6,8-12,14H,5,7,13,15H2,1-3H3,(H,21,23). The van der Waals surface area contributed by atoms with E-state index in [2.05, 4.69) is 29.6 Å². The van der Waals surface area contributed by atoms with Crippen molar-refractivity contribution < 1.29 is 13.2 Å². The fourth-order valence-electron chi connectivity index (χ4n) is 2.64. The molecule has 1 amide bonds. The van der Waals surface area contributed by atoms with Crippen LogP contribution in [0.25, 0.3) is 0 Å². The van der Waals surface area contributed by atoms with Gasteiger partial charge in [-0.15, -0.1) is 0 Å². The third-order valence-electron chi connectivity index (χ3n) is 4.06. The van der Waals surface area contributed by atoms with Crippen LogP contribution in [0.4, 0.5) is 5.69 Å². The average Bonchev–Trinajstić information content (AvgIpc) is 2.57. The third kappa shape index (κ3) is 6.19. The zero-order valence-corrected chi connectivity index (χ0v) is 16.3. The lowest BCUT2D eigenvalue weighted by atomic mass is 10.1. The Morgan fingerprint density at radius 2 is 1.73 bits per heavy atom. The van der Waals surface area contributed by atoms with E-state index in [1.54, 1.807) is 18.2 Å². The zero-order valence-electron chi connectivity index (χ0n) is 15.5. The second-order valence-corrected chi connectivity index (χ2v) is 8.45. The van der Waals surface area contributed by atoms with Crippen LogP contribution in [0.2, 0.25) is 0 Å². The van der Waals surface area contributed by atoms with Crippen molar-refractivity contribution >= 4 is 21.6 Å². The van der Waals surface area contributed by atoms with Gasteiger partial charge in [-0.1, -0.05) is 42.0 Å². The van der Waals surface area contributed by atoms with Crippen molar-refractivity contribution in [2.24, 2.45) is 0 Å². The number of carbonyl (C=O) groups excluding carboxylic acids is 1. The minimum absolute atomic E-state index is 0.215. The van der Waals surface area contributed by atoms with Gasteiger partial charge < -0.3 is 5.32 Å². The van der Waals surface area contributed by atoms with Crippen LogP contribution in [-0.4, -0.2) is 33.7 Å². The van der Waals surface area contributed by atoms with Gasteiger partial charge in [-0.05, 0) is 49.9 Å². The highest BCUT2D eigenvalue weighted by Crippen LogP contribution is 2.18. The number of benzene rings is 2. The summed E-state index contributed by atoms with van der Waals surface area (Å²) in [5.74, 6) is -0.305. The fourth-order valence-corrected chi connectivity index (χ4v) is 3.49. The van der Waals surface area contributed by atoms with Crippen LogP contribution in [0, 0.1) is 13.8 Å². The Morgan fingerprint density at radius 3 is 2.35 bits per heavy atom. The number of nitrogens with one attached hydrogen (secondary N) is 1. The Bertz CT molecular complexity index is 846. The van der Waals surface area contributed by atoms with E-state index in [0.717, 1.165) is 29.0 Å². The number of nitrogens with zero attached hydrogens (tertiary/aromatic N) is 1. The van der Waals surface area contributed by atoms with Crippen molar-refractivity contribution in [2.75, 3.05) is 23.7 Å². The molecule has 6 heteroatoms. The molecule has 0 fully saturated rings. The molecule has 0 unspecified atom stereocenters. The van der Waals surface area contributed by atoms with E-state index in [9.17, 15) is 13.2 Å². The summed E-state index contributed by atoms with van der Waals surface area (Å²) in [5.41, 5.74) is 3.89. The summed E-state index contributed by atoms with van der Waals surface area (Å²) >= 11 is 0. The number of amides is 1. The van der Waals surface area contributed by atoms with E-state index < -0.39 is 10.0 Å². The molecule has 2 rings (SSSR count). The average molecular weight is 375 g/mol. The molecular weight excluding hydrogens is 348 g/mol. The first kappa shape index (κ1) is 20.0. The molecule has 0 aliphatic carbocycles. The summed E-state index contributed by atoms with van der Waals surface area (Å²) in [6.07, 6.45) is 2.78. The lowest BCUT2D eigenvalue weighted by molar-refractivity contribution is -0.119. The Balaban J connectivity index is 1.88. The topological polar surface area (TPSA) is 66.5 Å². The minimum Gasteiger partial charge on any atom is -0.355 e. The normalized spacial score (nSPS) is 11.2. The van der Waals surface area contributed by atoms with Gasteiger partial charge in [0.05, 0.1) is 11.9 Å². The summed E-state index contributed by atoms with van der Waals surface area (Å²) < 4.78 is 25.3. The van der Waals surface area contributed by atoms with Gasteiger partial charge in [0.2, 0.25) is 15.9 Å². The van der Waals surface area contributed by atoms with Crippen molar-refractivity contribution in [3.63, 3.8) is 0 Å². The Morgan fingerprint density at radius 1 is 1.04 bits per heavy atom. The monoisotopic (exact) mass is 374 g/mol. The minimum atomic E-state index is -3.53. The first-order valence-electron chi connectivity index (χ1n) is 8.62. The number of hydrogen-bond acceptors (Lipinski definition) is 3. The quantitative estimate of drug-likeness (QED) is 0.723. The van der Waals surface area contributed by atoms with Crippen LogP contribution < -0.4 is 9.62 Å². The second kappa shape index (κ2) is 8.85. The Kier molecular flexibility index (Phi) is 6.80. The van der Waals surface area contributed by atoms with Crippen molar-refractivity contribution in [1.82, 2.24) is 5.32 Å². The van der Waals surface area contributed by atoms with E-state index in [-0.39, 0.29) is 12.5 Å². The maximum atomic E-state index is 12.2. The number of sulfonamides is 1. The molecule has 0 spiro atoms. The van der Waals surface area contributed by atoms with Crippen molar-refractivity contribution in [3.8, 4) is 0 Å². The molecule has 2 aromatic rings. The van der Waals surface area contributed by atoms with E-state index in [0.29, 0.717) is 12.2 Å². The molecule has 0 aromatic heterocycles. The second-order valence-electron chi connectivity index (χ2n) is 6.55. The number of aryl methyl sites for hydroxylation is 3. The molecule has 26 heavy (non-hydrogen) atoms. The number of rotatable bonds is 8. The molecule has 1 N–H and O–H groups in total. The lowest BCUT2D eigenvalue weighted by Crippen LogP contribution is -2.40. The summed E-state index contributed by atoms with van der Waals surface area (Å²) in [6, 6.07) is 15.4. The number of hydrogen-bond donors (Lipinski definition) is 1. The third-order valence-corrected chi connectivity index (χ3v) is 5.20. The molecule has 2 aromatic carbocycles. The summed E-state index contributed by atoms with van der Waals surface area (Å²) in [7, 11) is -3.53. The summed E-state index contributed by atoms with van der Waals surface area (Å²) in [6.45, 7) is 4.23. The highest BCUT2D eigenvalue weighted by atomic mass is 32.2. The van der Waals surface area contributed by atoms with E-state index in [4.69, 9.17) is 0 Å². The highest BCUT2D eigenvalue weighted by molar-refractivity contribution is 7.92. The first-order valence-corrected chi connectivity index (χ1v) is 10.5. The Labute approximate surface area is 156 Å². The van der Waals surface area contributed by atoms with Crippen molar-refractivity contribution in [2.45, 2.75) is 26.7 Å². The maximum Gasteiger partial charge on any atom is 0.240 e. The van der Waals surface area contributed by atoms with Crippen LogP contribution in [0.1, 0.15) is 23.1 Å². The predicted octanol–water partition coefficient (Wildman–Crippen LogP) is 2.82. The molecule has 5 nitrogen and oxygen atoms in total. The van der Waals surface area contributed by atoms with Gasteiger partial charge in [0, 0.05) is 6.54 Å². The van der Waals surface area contributed by atoms with Gasteiger partial charge in [0.15, 0.2) is 0 Å². The van der Waals surface area contributed by atoms with Crippen LogP contribution >= 0.6 is 0 Å². The highest BCUT2D eigenvalue weighted by Gasteiger charge is 2.20. The van der Waals surface area contributed by atoms with Gasteiger partial charge in [0.25, 0.3) is 0 Å². The molecule has 0 aliphatic rings. The van der Waals surface area contributed by atoms with Crippen LogP contribution in [0.15, 0.2) is 48.5 Å². The van der Waals surface area contributed by atoms with Crippen LogP contribution in [-0.2, 0) is 21.2 Å². The Hall–Kier alpha value is -2.34. The van der Waals surface area contributed by atoms with Gasteiger partial charge >= 0.3 is 0 Å². The number of carbonyl (C=O) groups is 1. The van der Waals surface area contributed by atoms with Crippen molar-refractivity contribution in [3.05, 3.63) is 65.2 Å². The zero-order chi connectivity index (χ0) is 19.2. The van der Waals surface area contributed by atoms with Gasteiger partial charge in [-0.3, -0.25) is 9.10 Å². The molecule has 0 heterocycles. The summed E-state index contributed by atoms with van der Waals surface area (Å²) in [4.78, 5) is 12.2. The lowest BCUT2D eigenvalue weighted by Gasteiger charge is -2.22. The molecule has 140 valence electrons. The molecule has 0 aliphatic heterocycles. The van der Waals surface area contributed by atoms with E-state index in [1.807, 2.05) is 19.9 Å². The van der Waals surface area contributed by atoms with Gasteiger partial charge in [0.1, 0.15) is 6.54 Å². The SMILES string of the molecule is Cc1ccc(CCCNC(=O)CN(c2cccc(C)c2)S(C)(=O)=O)cc1. The van der Waals surface area contributed by atoms with Crippen LogP contribution in [0.3, 0.4) is 0 Å². The van der Waals surface area contributed by atoms with Crippen LogP contribution in [0.5, 0.6) is 0 Å². The van der Waals surface area contributed by atoms with E-state index in [1.165, 1.54) is 11.1 Å². The smallest absolute Gasteiger partial charge is 0.240 e. The molecule has 0 atom stereocenters. The molecule has 0 bridgehead atoms. The fraction of sp³-hybridized carbons (Fsp3) is 0.350. The molecule has 0 saturated carbocycles.